The van der Waals surface area contributed by atoms with Gasteiger partial charge in [0.2, 0.25) is 0 Å². The minimum atomic E-state index is -1.17. The summed E-state index contributed by atoms with van der Waals surface area (Å²) in [6, 6.07) is 7.26. The Morgan fingerprint density at radius 3 is 2.86 bits per heavy atom. The molecule has 0 radical (unpaired) electrons. The van der Waals surface area contributed by atoms with Crippen LogP contribution in [0.3, 0.4) is 0 Å². The van der Waals surface area contributed by atoms with E-state index in [0.717, 1.165) is 5.56 Å². The Balaban J connectivity index is 2.21. The fourth-order valence-corrected chi connectivity index (χ4v) is 1.82. The molecule has 0 saturated carbocycles. The van der Waals surface area contributed by atoms with Crippen molar-refractivity contribution in [1.29, 1.82) is 0 Å². The zero-order valence-corrected chi connectivity index (χ0v) is 7.87. The van der Waals surface area contributed by atoms with Gasteiger partial charge < -0.3 is 4.74 Å². The van der Waals surface area contributed by atoms with Gasteiger partial charge in [-0.1, -0.05) is 24.3 Å². The topological polar surface area (TPSA) is 26.3 Å². The van der Waals surface area contributed by atoms with Gasteiger partial charge in [-0.3, -0.25) is 4.79 Å². The van der Waals surface area contributed by atoms with Gasteiger partial charge in [-0.25, -0.2) is 4.39 Å². The van der Waals surface area contributed by atoms with Gasteiger partial charge in [0.15, 0.2) is 6.17 Å². The normalized spacial score (nSPS) is 24.4. The van der Waals surface area contributed by atoms with Crippen LogP contribution in [0.25, 0.3) is 0 Å². The SMILES string of the molecule is CC(=O)O[C@@H]1Cc2ccccc2[C@H]1F. The molecule has 0 aliphatic heterocycles. The van der Waals surface area contributed by atoms with Crippen LogP contribution in [0.15, 0.2) is 24.3 Å². The molecule has 2 nitrogen and oxygen atoms in total. The molecule has 2 atom stereocenters. The molecule has 14 heavy (non-hydrogen) atoms. The third kappa shape index (κ3) is 1.50. The van der Waals surface area contributed by atoms with Gasteiger partial charge in [0.25, 0.3) is 0 Å². The lowest BCUT2D eigenvalue weighted by Gasteiger charge is -2.12. The van der Waals surface area contributed by atoms with Crippen molar-refractivity contribution >= 4 is 5.97 Å². The number of hydrogen-bond donors (Lipinski definition) is 0. The molecule has 0 heterocycles. The summed E-state index contributed by atoms with van der Waals surface area (Å²) >= 11 is 0. The van der Waals surface area contributed by atoms with Crippen molar-refractivity contribution in [1.82, 2.24) is 0 Å². The minimum Gasteiger partial charge on any atom is -0.459 e. The van der Waals surface area contributed by atoms with E-state index in [9.17, 15) is 9.18 Å². The van der Waals surface area contributed by atoms with Gasteiger partial charge in [0, 0.05) is 13.3 Å². The van der Waals surface area contributed by atoms with Crippen LogP contribution in [0.4, 0.5) is 4.39 Å². The van der Waals surface area contributed by atoms with Crippen LogP contribution in [0.5, 0.6) is 0 Å². The van der Waals surface area contributed by atoms with Crippen LogP contribution < -0.4 is 0 Å². The highest BCUT2D eigenvalue weighted by Gasteiger charge is 2.34. The first-order valence-corrected chi connectivity index (χ1v) is 4.57. The highest BCUT2D eigenvalue weighted by molar-refractivity contribution is 5.66. The average molecular weight is 194 g/mol. The quantitative estimate of drug-likeness (QED) is 0.640. The summed E-state index contributed by atoms with van der Waals surface area (Å²) in [7, 11) is 0. The van der Waals surface area contributed by atoms with Gasteiger partial charge >= 0.3 is 5.97 Å². The van der Waals surface area contributed by atoms with Crippen molar-refractivity contribution in [3.63, 3.8) is 0 Å². The number of esters is 1. The van der Waals surface area contributed by atoms with Crippen LogP contribution in [0, 0.1) is 0 Å². The molecule has 1 aromatic rings. The summed E-state index contributed by atoms with van der Waals surface area (Å²) in [6.45, 7) is 1.30. The van der Waals surface area contributed by atoms with E-state index in [-0.39, 0.29) is 0 Å². The smallest absolute Gasteiger partial charge is 0.303 e. The first-order chi connectivity index (χ1) is 6.68. The second-order valence-corrected chi connectivity index (χ2v) is 3.45. The molecule has 0 saturated heterocycles. The first-order valence-electron chi connectivity index (χ1n) is 4.57. The lowest BCUT2D eigenvalue weighted by molar-refractivity contribution is -0.149. The Kier molecular flexibility index (Phi) is 2.23. The van der Waals surface area contributed by atoms with Crippen LogP contribution in [-0.4, -0.2) is 12.1 Å². The zero-order valence-electron chi connectivity index (χ0n) is 7.87. The van der Waals surface area contributed by atoms with E-state index in [1.165, 1.54) is 6.92 Å². The van der Waals surface area contributed by atoms with E-state index in [4.69, 9.17) is 4.74 Å². The number of alkyl halides is 1. The van der Waals surface area contributed by atoms with Gasteiger partial charge in [0.1, 0.15) is 6.10 Å². The van der Waals surface area contributed by atoms with E-state index in [1.807, 2.05) is 12.1 Å². The molecule has 3 heteroatoms. The standard InChI is InChI=1S/C11H11FO2/c1-7(13)14-10-6-8-4-2-3-5-9(8)11(10)12/h2-5,10-11H,6H2,1H3/t10-,11-/m1/s1. The van der Waals surface area contributed by atoms with Crippen LogP contribution in [-0.2, 0) is 16.0 Å². The van der Waals surface area contributed by atoms with Crippen molar-refractivity contribution in [2.45, 2.75) is 25.6 Å². The Labute approximate surface area is 81.7 Å². The summed E-state index contributed by atoms with van der Waals surface area (Å²) in [4.78, 5) is 10.7. The molecule has 0 spiro atoms. The Bertz CT molecular complexity index is 362. The maximum Gasteiger partial charge on any atom is 0.303 e. The predicted molar refractivity (Wildman–Crippen MR) is 49.5 cm³/mol. The molecule has 0 unspecified atom stereocenters. The zero-order chi connectivity index (χ0) is 10.1. The Hall–Kier alpha value is -1.38. The number of ether oxygens (including phenoxy) is 1. The van der Waals surface area contributed by atoms with Gasteiger partial charge in [0.05, 0.1) is 0 Å². The maximum absolute atomic E-state index is 13.7. The molecule has 0 N–H and O–H groups in total. The minimum absolute atomic E-state index is 0.426. The molecule has 1 aliphatic carbocycles. The number of rotatable bonds is 1. The van der Waals surface area contributed by atoms with Crippen molar-refractivity contribution in [2.75, 3.05) is 0 Å². The second-order valence-electron chi connectivity index (χ2n) is 3.45. The highest BCUT2D eigenvalue weighted by Crippen LogP contribution is 2.35. The van der Waals surface area contributed by atoms with Crippen LogP contribution in [0.2, 0.25) is 0 Å². The van der Waals surface area contributed by atoms with Crippen molar-refractivity contribution in [3.05, 3.63) is 35.4 Å². The molecular weight excluding hydrogens is 183 g/mol. The van der Waals surface area contributed by atoms with Gasteiger partial charge in [-0.05, 0) is 11.1 Å². The summed E-state index contributed by atoms with van der Waals surface area (Å²) in [5.74, 6) is -0.426. The lowest BCUT2D eigenvalue weighted by atomic mass is 10.1. The van der Waals surface area contributed by atoms with Gasteiger partial charge in [-0.2, -0.15) is 0 Å². The maximum atomic E-state index is 13.7. The molecule has 1 aliphatic rings. The summed E-state index contributed by atoms with van der Waals surface area (Å²) in [5.41, 5.74) is 1.59. The number of carbonyl (C=O) groups is 1. The molecule has 1 aromatic carbocycles. The van der Waals surface area contributed by atoms with Crippen LogP contribution in [0.1, 0.15) is 24.2 Å². The molecule has 0 amide bonds. The largest absolute Gasteiger partial charge is 0.459 e. The Morgan fingerprint density at radius 2 is 2.21 bits per heavy atom. The van der Waals surface area contributed by atoms with Crippen molar-refractivity contribution in [2.24, 2.45) is 0 Å². The average Bonchev–Trinajstić information content (AvgIpc) is 2.44. The molecule has 2 rings (SSSR count). The highest BCUT2D eigenvalue weighted by atomic mass is 19.1. The van der Waals surface area contributed by atoms with E-state index in [1.54, 1.807) is 12.1 Å². The molecule has 0 aromatic heterocycles. The summed E-state index contributed by atoms with van der Waals surface area (Å²) in [5, 5.41) is 0. The fraction of sp³-hybridized carbons (Fsp3) is 0.364. The van der Waals surface area contributed by atoms with E-state index < -0.39 is 18.2 Å². The second kappa shape index (κ2) is 3.40. The summed E-state index contributed by atoms with van der Waals surface area (Å²) < 4.78 is 18.6. The number of halogens is 1. The lowest BCUT2D eigenvalue weighted by Crippen LogP contribution is -2.18. The molecule has 0 bridgehead atoms. The van der Waals surface area contributed by atoms with E-state index >= 15 is 0 Å². The molecular formula is C11H11FO2. The van der Waals surface area contributed by atoms with Crippen LogP contribution >= 0.6 is 0 Å². The number of carbonyl (C=O) groups excluding carboxylic acids is 1. The third-order valence-electron chi connectivity index (χ3n) is 2.42. The predicted octanol–water partition coefficient (Wildman–Crippen LogP) is 2.19. The number of fused-ring (bicyclic) bond motifs is 1. The van der Waals surface area contributed by atoms with Crippen molar-refractivity contribution in [3.8, 4) is 0 Å². The third-order valence-corrected chi connectivity index (χ3v) is 2.42. The molecule has 0 fully saturated rings. The Morgan fingerprint density at radius 1 is 1.50 bits per heavy atom. The fourth-order valence-electron chi connectivity index (χ4n) is 1.82. The first kappa shape index (κ1) is 9.19. The number of benzene rings is 1. The van der Waals surface area contributed by atoms with E-state index in [0.29, 0.717) is 12.0 Å². The molecule has 74 valence electrons. The van der Waals surface area contributed by atoms with Crippen molar-refractivity contribution < 1.29 is 13.9 Å². The van der Waals surface area contributed by atoms with Gasteiger partial charge in [-0.15, -0.1) is 0 Å². The van der Waals surface area contributed by atoms with E-state index in [2.05, 4.69) is 0 Å². The monoisotopic (exact) mass is 194 g/mol. The summed E-state index contributed by atoms with van der Waals surface area (Å²) in [6.07, 6.45) is -1.32. The number of hydrogen-bond acceptors (Lipinski definition) is 2.